The molecule has 0 amide bonds. The Labute approximate surface area is 108 Å². The van der Waals surface area contributed by atoms with Crippen molar-refractivity contribution in [2.45, 2.75) is 12.5 Å². The number of nitrogens with two attached hydrogens (primary N) is 1. The normalized spacial score (nSPS) is 20.1. The highest BCUT2D eigenvalue weighted by atomic mass is 15.2. The fraction of sp³-hybridized carbons (Fsp3) is 0.667. The Morgan fingerprint density at radius 1 is 1.56 bits per heavy atom. The van der Waals surface area contributed by atoms with Crippen molar-refractivity contribution in [2.24, 2.45) is 5.73 Å². The van der Waals surface area contributed by atoms with Gasteiger partial charge in [0.05, 0.1) is 0 Å². The zero-order chi connectivity index (χ0) is 13.0. The van der Waals surface area contributed by atoms with Crippen molar-refractivity contribution >= 4 is 11.6 Å². The first-order chi connectivity index (χ1) is 8.69. The Bertz CT molecular complexity index is 383. The van der Waals surface area contributed by atoms with E-state index in [1.54, 1.807) is 6.33 Å². The molecule has 1 aliphatic heterocycles. The largest absolute Gasteiger partial charge is 0.366 e. The number of nitrogens with one attached hydrogen (secondary N) is 1. The van der Waals surface area contributed by atoms with Crippen molar-refractivity contribution in [1.29, 1.82) is 0 Å². The van der Waals surface area contributed by atoms with Gasteiger partial charge in [-0.2, -0.15) is 0 Å². The summed E-state index contributed by atoms with van der Waals surface area (Å²) in [7, 11) is 4.13. The Morgan fingerprint density at radius 3 is 3.06 bits per heavy atom. The van der Waals surface area contributed by atoms with Gasteiger partial charge in [0, 0.05) is 38.8 Å². The second-order valence-electron chi connectivity index (χ2n) is 4.86. The summed E-state index contributed by atoms with van der Waals surface area (Å²) in [6.07, 6.45) is 2.76. The fourth-order valence-corrected chi connectivity index (χ4v) is 2.20. The molecule has 1 atom stereocenters. The highest BCUT2D eigenvalue weighted by molar-refractivity contribution is 5.48. The summed E-state index contributed by atoms with van der Waals surface area (Å²) in [5.41, 5.74) is 5.55. The van der Waals surface area contributed by atoms with E-state index in [4.69, 9.17) is 5.73 Å². The van der Waals surface area contributed by atoms with Crippen molar-refractivity contribution in [2.75, 3.05) is 50.5 Å². The zero-order valence-electron chi connectivity index (χ0n) is 11.1. The molecule has 3 N–H and O–H groups in total. The van der Waals surface area contributed by atoms with Crippen molar-refractivity contribution in [3.63, 3.8) is 0 Å². The van der Waals surface area contributed by atoms with Gasteiger partial charge in [-0.1, -0.05) is 0 Å². The first kappa shape index (κ1) is 13.0. The summed E-state index contributed by atoms with van der Waals surface area (Å²) in [6, 6.07) is 2.46. The van der Waals surface area contributed by atoms with Gasteiger partial charge in [0.15, 0.2) is 0 Å². The maximum Gasteiger partial charge on any atom is 0.133 e. The van der Waals surface area contributed by atoms with E-state index in [0.29, 0.717) is 12.6 Å². The van der Waals surface area contributed by atoms with Crippen LogP contribution >= 0.6 is 0 Å². The minimum atomic E-state index is 0.484. The number of likely N-dealkylation sites (N-methyl/N-ethyl adjacent to an activating group) is 2. The molecule has 0 saturated carbocycles. The van der Waals surface area contributed by atoms with Gasteiger partial charge in [-0.25, -0.2) is 9.97 Å². The van der Waals surface area contributed by atoms with Gasteiger partial charge < -0.3 is 20.9 Å². The van der Waals surface area contributed by atoms with Gasteiger partial charge in [0.2, 0.25) is 0 Å². The smallest absolute Gasteiger partial charge is 0.133 e. The Kier molecular flexibility index (Phi) is 4.33. The molecular formula is C12H22N6. The molecule has 2 heterocycles. The number of hydrogen-bond acceptors (Lipinski definition) is 6. The quantitative estimate of drug-likeness (QED) is 0.766. The van der Waals surface area contributed by atoms with Crippen LogP contribution < -0.4 is 16.0 Å². The van der Waals surface area contributed by atoms with E-state index in [1.165, 1.54) is 0 Å². The molecule has 1 aromatic heterocycles. The standard InChI is InChI=1S/C12H22N6/c1-17-5-3-10(8-17)16-11-7-12(15-9-14-11)18(2)6-4-13/h7,9-10H,3-6,8,13H2,1-2H3,(H,14,15,16). The van der Waals surface area contributed by atoms with E-state index in [9.17, 15) is 0 Å². The molecule has 0 aliphatic carbocycles. The average molecular weight is 250 g/mol. The van der Waals surface area contributed by atoms with Crippen LogP contribution in [0.2, 0.25) is 0 Å². The lowest BCUT2D eigenvalue weighted by atomic mass is 10.2. The second kappa shape index (κ2) is 5.97. The predicted octanol–water partition coefficient (Wildman–Crippen LogP) is -0.0125. The summed E-state index contributed by atoms with van der Waals surface area (Å²) >= 11 is 0. The van der Waals surface area contributed by atoms with Crippen LogP contribution in [-0.4, -0.2) is 61.2 Å². The predicted molar refractivity (Wildman–Crippen MR) is 73.9 cm³/mol. The molecule has 6 nitrogen and oxygen atoms in total. The first-order valence-corrected chi connectivity index (χ1v) is 6.37. The minimum absolute atomic E-state index is 0.484. The minimum Gasteiger partial charge on any atom is -0.366 e. The van der Waals surface area contributed by atoms with Crippen molar-refractivity contribution < 1.29 is 0 Å². The third kappa shape index (κ3) is 3.30. The molecule has 1 saturated heterocycles. The Balaban J connectivity index is 1.98. The van der Waals surface area contributed by atoms with Crippen LogP contribution in [0.5, 0.6) is 0 Å². The van der Waals surface area contributed by atoms with E-state index < -0.39 is 0 Å². The lowest BCUT2D eigenvalue weighted by Gasteiger charge is -2.18. The topological polar surface area (TPSA) is 70.3 Å². The van der Waals surface area contributed by atoms with Gasteiger partial charge >= 0.3 is 0 Å². The fourth-order valence-electron chi connectivity index (χ4n) is 2.20. The number of anilines is 2. The van der Waals surface area contributed by atoms with Crippen molar-refractivity contribution in [3.05, 3.63) is 12.4 Å². The molecule has 0 radical (unpaired) electrons. The average Bonchev–Trinajstić information content (AvgIpc) is 2.75. The highest BCUT2D eigenvalue weighted by Crippen LogP contribution is 2.16. The van der Waals surface area contributed by atoms with E-state index in [-0.39, 0.29) is 0 Å². The van der Waals surface area contributed by atoms with Crippen LogP contribution in [0, 0.1) is 0 Å². The SMILES string of the molecule is CN1CCC(Nc2cc(N(C)CCN)ncn2)C1. The van der Waals surface area contributed by atoms with Gasteiger partial charge in [-0.3, -0.25) is 0 Å². The van der Waals surface area contributed by atoms with Crippen LogP contribution in [0.25, 0.3) is 0 Å². The number of hydrogen-bond donors (Lipinski definition) is 2. The summed E-state index contributed by atoms with van der Waals surface area (Å²) in [5.74, 6) is 1.80. The number of likely N-dealkylation sites (tertiary alicyclic amines) is 1. The molecule has 1 aliphatic rings. The molecule has 0 spiro atoms. The van der Waals surface area contributed by atoms with Crippen LogP contribution in [0.1, 0.15) is 6.42 Å². The molecule has 1 unspecified atom stereocenters. The van der Waals surface area contributed by atoms with Gasteiger partial charge in [0.1, 0.15) is 18.0 Å². The Morgan fingerprint density at radius 2 is 2.39 bits per heavy atom. The molecule has 1 fully saturated rings. The van der Waals surface area contributed by atoms with Gasteiger partial charge in [0.25, 0.3) is 0 Å². The van der Waals surface area contributed by atoms with Crippen LogP contribution in [0.4, 0.5) is 11.6 Å². The van der Waals surface area contributed by atoms with Crippen molar-refractivity contribution in [1.82, 2.24) is 14.9 Å². The van der Waals surface area contributed by atoms with E-state index >= 15 is 0 Å². The molecule has 100 valence electrons. The maximum absolute atomic E-state index is 5.55. The van der Waals surface area contributed by atoms with Crippen molar-refractivity contribution in [3.8, 4) is 0 Å². The monoisotopic (exact) mass is 250 g/mol. The molecule has 2 rings (SSSR count). The van der Waals surface area contributed by atoms with Gasteiger partial charge in [-0.15, -0.1) is 0 Å². The van der Waals surface area contributed by atoms with Crippen LogP contribution in [-0.2, 0) is 0 Å². The van der Waals surface area contributed by atoms with Gasteiger partial charge in [-0.05, 0) is 20.0 Å². The summed E-state index contributed by atoms with van der Waals surface area (Å²) in [4.78, 5) is 12.9. The molecule has 0 aromatic carbocycles. The summed E-state index contributed by atoms with van der Waals surface area (Å²) in [6.45, 7) is 3.62. The van der Waals surface area contributed by atoms with Crippen LogP contribution in [0.3, 0.4) is 0 Å². The van der Waals surface area contributed by atoms with E-state index in [1.807, 2.05) is 18.0 Å². The first-order valence-electron chi connectivity index (χ1n) is 6.37. The maximum atomic E-state index is 5.55. The highest BCUT2D eigenvalue weighted by Gasteiger charge is 2.19. The summed E-state index contributed by atoms with van der Waals surface area (Å²) in [5, 5.41) is 3.46. The zero-order valence-corrected chi connectivity index (χ0v) is 11.1. The third-order valence-electron chi connectivity index (χ3n) is 3.25. The van der Waals surface area contributed by atoms with E-state index in [0.717, 1.165) is 37.7 Å². The van der Waals surface area contributed by atoms with E-state index in [2.05, 4.69) is 27.2 Å². The number of rotatable bonds is 5. The molecular weight excluding hydrogens is 228 g/mol. The lowest BCUT2D eigenvalue weighted by Crippen LogP contribution is -2.27. The number of nitrogens with zero attached hydrogens (tertiary/aromatic N) is 4. The molecule has 1 aromatic rings. The Hall–Kier alpha value is -1.40. The molecule has 18 heavy (non-hydrogen) atoms. The number of aromatic nitrogens is 2. The lowest BCUT2D eigenvalue weighted by molar-refractivity contribution is 0.414. The van der Waals surface area contributed by atoms with Crippen LogP contribution in [0.15, 0.2) is 12.4 Å². The summed E-state index contributed by atoms with van der Waals surface area (Å²) < 4.78 is 0. The molecule has 0 bridgehead atoms. The third-order valence-corrected chi connectivity index (χ3v) is 3.25. The molecule has 6 heteroatoms. The second-order valence-corrected chi connectivity index (χ2v) is 4.86.